The van der Waals surface area contributed by atoms with Crippen LogP contribution in [-0.2, 0) is 0 Å². The molecule has 3 aliphatic carbocycles. The molecule has 3 rings (SSSR count). The van der Waals surface area contributed by atoms with Crippen molar-refractivity contribution in [1.82, 2.24) is 0 Å². The van der Waals surface area contributed by atoms with Crippen LogP contribution in [0.1, 0.15) is 86.0 Å². The molecule has 0 aromatic rings. The number of hydrogen-bond acceptors (Lipinski definition) is 1. The van der Waals surface area contributed by atoms with Gasteiger partial charge in [-0.2, -0.15) is 0 Å². The molecular formula is C28H44O. The standard InChI is InChI=1S/C28H44O/c1-19(2)20(3)9-10-22(5)26-15-16-27-23(8-7-17-28(26,27)6)12-13-24-18-25(29)14-11-21(24)4/h9-10,12-13,19-20,22,25-27,29H,4,7-8,11,14-18H2,1-3,5-6H3/t20?,22-,25+,26?,27?,28-/m1/s1. The molecule has 0 aliphatic heterocycles. The Morgan fingerprint density at radius 2 is 1.79 bits per heavy atom. The van der Waals surface area contributed by atoms with E-state index in [4.69, 9.17) is 0 Å². The highest BCUT2D eigenvalue weighted by Gasteiger charge is 2.50. The molecule has 162 valence electrons. The lowest BCUT2D eigenvalue weighted by Crippen LogP contribution is -2.35. The first kappa shape index (κ1) is 22.6. The molecule has 0 aromatic carbocycles. The Hall–Kier alpha value is -1.08. The summed E-state index contributed by atoms with van der Waals surface area (Å²) in [6.07, 6.45) is 18.8. The predicted molar refractivity (Wildman–Crippen MR) is 126 cm³/mol. The zero-order chi connectivity index (χ0) is 21.2. The fourth-order valence-corrected chi connectivity index (χ4v) is 6.25. The third-order valence-corrected chi connectivity index (χ3v) is 8.63. The fraction of sp³-hybridized carbons (Fsp3) is 0.714. The quantitative estimate of drug-likeness (QED) is 0.473. The van der Waals surface area contributed by atoms with Crippen molar-refractivity contribution in [3.05, 3.63) is 47.6 Å². The van der Waals surface area contributed by atoms with Crippen molar-refractivity contribution < 1.29 is 5.11 Å². The predicted octanol–water partition coefficient (Wildman–Crippen LogP) is 7.64. The average molecular weight is 397 g/mol. The molecular weight excluding hydrogens is 352 g/mol. The summed E-state index contributed by atoms with van der Waals surface area (Å²) in [5.41, 5.74) is 4.61. The Morgan fingerprint density at radius 3 is 2.52 bits per heavy atom. The average Bonchev–Trinajstić information content (AvgIpc) is 3.04. The minimum atomic E-state index is -0.182. The molecule has 1 heteroatoms. The molecule has 0 amide bonds. The van der Waals surface area contributed by atoms with E-state index in [1.54, 1.807) is 5.57 Å². The molecule has 0 bridgehead atoms. The molecule has 1 nitrogen and oxygen atoms in total. The van der Waals surface area contributed by atoms with Gasteiger partial charge in [-0.15, -0.1) is 0 Å². The number of rotatable bonds is 5. The maximum absolute atomic E-state index is 10.0. The molecule has 3 unspecified atom stereocenters. The SMILES string of the molecule is C=C1CC[C@H](O)CC1=CC=C1CCC[C@@]2(C)C1CCC2[C@H](C)C=CC(C)C(C)C. The first-order valence-electron chi connectivity index (χ1n) is 12.2. The molecule has 0 heterocycles. The Balaban J connectivity index is 1.75. The van der Waals surface area contributed by atoms with E-state index in [1.807, 2.05) is 0 Å². The largest absolute Gasteiger partial charge is 0.393 e. The summed E-state index contributed by atoms with van der Waals surface area (Å²) in [6, 6.07) is 0. The third-order valence-electron chi connectivity index (χ3n) is 8.63. The lowest BCUT2D eigenvalue weighted by Gasteiger charge is -2.44. The van der Waals surface area contributed by atoms with Gasteiger partial charge < -0.3 is 5.11 Å². The first-order valence-corrected chi connectivity index (χ1v) is 12.2. The van der Waals surface area contributed by atoms with Crippen molar-refractivity contribution in [2.75, 3.05) is 0 Å². The van der Waals surface area contributed by atoms with Gasteiger partial charge in [-0.05, 0) is 91.9 Å². The molecule has 0 saturated heterocycles. The summed E-state index contributed by atoms with van der Waals surface area (Å²) in [6.45, 7) is 16.3. The van der Waals surface area contributed by atoms with Crippen LogP contribution in [0.4, 0.5) is 0 Å². The number of fused-ring (bicyclic) bond motifs is 1. The van der Waals surface area contributed by atoms with Crippen LogP contribution in [-0.4, -0.2) is 11.2 Å². The second-order valence-electron chi connectivity index (χ2n) is 10.9. The van der Waals surface area contributed by atoms with E-state index in [2.05, 4.69) is 65.5 Å². The number of allylic oxidation sites excluding steroid dienone is 6. The topological polar surface area (TPSA) is 20.2 Å². The summed E-state index contributed by atoms with van der Waals surface area (Å²) in [5, 5.41) is 10.0. The highest BCUT2D eigenvalue weighted by atomic mass is 16.3. The Kier molecular flexibility index (Phi) is 7.31. The van der Waals surface area contributed by atoms with Crippen LogP contribution in [0.5, 0.6) is 0 Å². The molecule has 0 spiro atoms. The monoisotopic (exact) mass is 396 g/mol. The van der Waals surface area contributed by atoms with Crippen molar-refractivity contribution >= 4 is 0 Å². The van der Waals surface area contributed by atoms with E-state index in [0.29, 0.717) is 17.3 Å². The molecule has 0 radical (unpaired) electrons. The molecule has 6 atom stereocenters. The van der Waals surface area contributed by atoms with E-state index in [0.717, 1.165) is 37.0 Å². The zero-order valence-corrected chi connectivity index (χ0v) is 19.6. The van der Waals surface area contributed by atoms with E-state index in [1.165, 1.54) is 43.3 Å². The molecule has 3 saturated carbocycles. The van der Waals surface area contributed by atoms with E-state index >= 15 is 0 Å². The minimum Gasteiger partial charge on any atom is -0.393 e. The highest BCUT2D eigenvalue weighted by molar-refractivity contribution is 5.36. The Bertz CT molecular complexity index is 678. The number of hydrogen-bond donors (Lipinski definition) is 1. The third kappa shape index (κ3) is 4.98. The van der Waals surface area contributed by atoms with Crippen LogP contribution < -0.4 is 0 Å². The van der Waals surface area contributed by atoms with Crippen LogP contribution in [0.25, 0.3) is 0 Å². The minimum absolute atomic E-state index is 0.182. The molecule has 3 aliphatic rings. The molecule has 29 heavy (non-hydrogen) atoms. The van der Waals surface area contributed by atoms with Gasteiger partial charge in [-0.1, -0.05) is 76.6 Å². The molecule has 1 N–H and O–H groups in total. The van der Waals surface area contributed by atoms with Crippen LogP contribution >= 0.6 is 0 Å². The normalized spacial score (nSPS) is 38.2. The maximum Gasteiger partial charge on any atom is 0.0583 e. The second-order valence-corrected chi connectivity index (χ2v) is 10.9. The fourth-order valence-electron chi connectivity index (χ4n) is 6.25. The number of aliphatic hydroxyl groups excluding tert-OH is 1. The van der Waals surface area contributed by atoms with Crippen molar-refractivity contribution in [3.8, 4) is 0 Å². The van der Waals surface area contributed by atoms with Crippen molar-refractivity contribution in [2.45, 2.75) is 92.1 Å². The Labute approximate surface area is 180 Å². The van der Waals surface area contributed by atoms with Crippen LogP contribution in [0, 0.1) is 35.0 Å². The maximum atomic E-state index is 10.0. The van der Waals surface area contributed by atoms with Gasteiger partial charge in [0.05, 0.1) is 6.10 Å². The summed E-state index contributed by atoms with van der Waals surface area (Å²) >= 11 is 0. The van der Waals surface area contributed by atoms with Crippen LogP contribution in [0.15, 0.2) is 47.6 Å². The van der Waals surface area contributed by atoms with Gasteiger partial charge in [-0.3, -0.25) is 0 Å². The van der Waals surface area contributed by atoms with Crippen molar-refractivity contribution in [2.24, 2.45) is 35.0 Å². The summed E-state index contributed by atoms with van der Waals surface area (Å²) in [5.74, 6) is 3.58. The summed E-state index contributed by atoms with van der Waals surface area (Å²) < 4.78 is 0. The summed E-state index contributed by atoms with van der Waals surface area (Å²) in [4.78, 5) is 0. The van der Waals surface area contributed by atoms with Crippen LogP contribution in [0.3, 0.4) is 0 Å². The smallest absolute Gasteiger partial charge is 0.0583 e. The van der Waals surface area contributed by atoms with Gasteiger partial charge in [0.1, 0.15) is 0 Å². The van der Waals surface area contributed by atoms with Crippen molar-refractivity contribution in [3.63, 3.8) is 0 Å². The van der Waals surface area contributed by atoms with Gasteiger partial charge in [-0.25, -0.2) is 0 Å². The second kappa shape index (κ2) is 9.38. The highest BCUT2D eigenvalue weighted by Crippen LogP contribution is 2.59. The lowest BCUT2D eigenvalue weighted by atomic mass is 9.61. The lowest BCUT2D eigenvalue weighted by molar-refractivity contribution is 0.112. The Morgan fingerprint density at radius 1 is 1.03 bits per heavy atom. The van der Waals surface area contributed by atoms with Gasteiger partial charge in [0.15, 0.2) is 0 Å². The van der Waals surface area contributed by atoms with Gasteiger partial charge >= 0.3 is 0 Å². The van der Waals surface area contributed by atoms with Gasteiger partial charge in [0, 0.05) is 0 Å². The van der Waals surface area contributed by atoms with Gasteiger partial charge in [0.25, 0.3) is 0 Å². The van der Waals surface area contributed by atoms with Crippen molar-refractivity contribution in [1.29, 1.82) is 0 Å². The number of aliphatic hydroxyl groups is 1. The van der Waals surface area contributed by atoms with Gasteiger partial charge in [0.2, 0.25) is 0 Å². The zero-order valence-electron chi connectivity index (χ0n) is 19.6. The first-order chi connectivity index (χ1) is 13.7. The van der Waals surface area contributed by atoms with E-state index in [9.17, 15) is 5.11 Å². The van der Waals surface area contributed by atoms with Crippen LogP contribution in [0.2, 0.25) is 0 Å². The summed E-state index contributed by atoms with van der Waals surface area (Å²) in [7, 11) is 0. The molecule has 0 aromatic heterocycles. The molecule has 3 fully saturated rings. The van der Waals surface area contributed by atoms with E-state index in [-0.39, 0.29) is 6.10 Å². The van der Waals surface area contributed by atoms with E-state index < -0.39 is 0 Å².